The van der Waals surface area contributed by atoms with Gasteiger partial charge < -0.3 is 19.7 Å². The Bertz CT molecular complexity index is 1400. The smallest absolute Gasteiger partial charge is 0.265 e. The van der Waals surface area contributed by atoms with Crippen LogP contribution in [-0.4, -0.2) is 54.8 Å². The molecule has 0 atom stereocenters. The highest BCUT2D eigenvalue weighted by atomic mass is 16.5. The maximum atomic E-state index is 12.6. The molecule has 2 aliphatic heterocycles. The van der Waals surface area contributed by atoms with Gasteiger partial charge in [-0.1, -0.05) is 29.8 Å². The van der Waals surface area contributed by atoms with Crippen LogP contribution in [0.4, 0.5) is 11.4 Å². The van der Waals surface area contributed by atoms with Crippen molar-refractivity contribution in [3.05, 3.63) is 83.4 Å². The van der Waals surface area contributed by atoms with E-state index in [9.17, 15) is 19.2 Å². The summed E-state index contributed by atoms with van der Waals surface area (Å²) in [5.41, 5.74) is 3.11. The number of fused-ring (bicyclic) bond motifs is 2. The summed E-state index contributed by atoms with van der Waals surface area (Å²) in [6, 6.07) is 19.8. The number of amides is 4. The van der Waals surface area contributed by atoms with Gasteiger partial charge in [0.15, 0.2) is 6.61 Å². The van der Waals surface area contributed by atoms with Crippen LogP contribution in [-0.2, 0) is 9.59 Å². The molecule has 0 spiro atoms. The van der Waals surface area contributed by atoms with Gasteiger partial charge >= 0.3 is 0 Å². The van der Waals surface area contributed by atoms with E-state index < -0.39 is 0 Å². The first-order chi connectivity index (χ1) is 19.4. The number of benzene rings is 3. The number of ether oxygens (including phenoxy) is 2. The average Bonchev–Trinajstić information content (AvgIpc) is 3.20. The number of unbranched alkanes of at least 4 members (excludes halogenated alkanes) is 1. The van der Waals surface area contributed by atoms with E-state index in [4.69, 9.17) is 9.47 Å². The van der Waals surface area contributed by atoms with E-state index in [0.29, 0.717) is 47.8 Å². The fourth-order valence-corrected chi connectivity index (χ4v) is 4.78. The van der Waals surface area contributed by atoms with Crippen LogP contribution in [0.15, 0.2) is 66.7 Å². The molecule has 5 rings (SSSR count). The van der Waals surface area contributed by atoms with E-state index in [1.54, 1.807) is 47.4 Å². The number of hydrogen-bond acceptors (Lipinski definition) is 6. The summed E-state index contributed by atoms with van der Waals surface area (Å²) in [4.78, 5) is 53.2. The molecule has 0 saturated carbocycles. The Labute approximate surface area is 232 Å². The van der Waals surface area contributed by atoms with Crippen molar-refractivity contribution in [1.29, 1.82) is 0 Å². The van der Waals surface area contributed by atoms with Gasteiger partial charge in [-0.15, -0.1) is 0 Å². The molecule has 0 aliphatic carbocycles. The van der Waals surface area contributed by atoms with E-state index >= 15 is 0 Å². The third kappa shape index (κ3) is 5.98. The van der Waals surface area contributed by atoms with Crippen molar-refractivity contribution in [2.75, 3.05) is 36.5 Å². The van der Waals surface area contributed by atoms with Crippen molar-refractivity contribution in [1.82, 2.24) is 4.90 Å². The molecule has 2 heterocycles. The number of hydrogen-bond donors (Lipinski definition) is 1. The monoisotopic (exact) mass is 541 g/mol. The lowest BCUT2D eigenvalue weighted by Crippen LogP contribution is -2.39. The number of nitrogens with zero attached hydrogens (tertiary/aromatic N) is 2. The highest BCUT2D eigenvalue weighted by molar-refractivity contribution is 6.21. The molecule has 0 fully saturated rings. The summed E-state index contributed by atoms with van der Waals surface area (Å²) in [5.74, 6) is 0.349. The summed E-state index contributed by atoms with van der Waals surface area (Å²) in [5, 5.41) is 2.85. The Morgan fingerprint density at radius 2 is 1.57 bits per heavy atom. The average molecular weight is 542 g/mol. The Morgan fingerprint density at radius 1 is 0.875 bits per heavy atom. The number of rotatable bonds is 11. The van der Waals surface area contributed by atoms with Gasteiger partial charge in [0.2, 0.25) is 5.91 Å². The van der Waals surface area contributed by atoms with Crippen LogP contribution in [0.5, 0.6) is 11.5 Å². The van der Waals surface area contributed by atoms with Crippen LogP contribution >= 0.6 is 0 Å². The van der Waals surface area contributed by atoms with E-state index in [2.05, 4.69) is 5.32 Å². The van der Waals surface area contributed by atoms with Gasteiger partial charge in [-0.05, 0) is 68.7 Å². The molecule has 9 nitrogen and oxygen atoms in total. The zero-order valence-electron chi connectivity index (χ0n) is 22.4. The molecule has 3 aromatic rings. The fraction of sp³-hybridized carbons (Fsp3) is 0.290. The molecular weight excluding hydrogens is 510 g/mol. The minimum Gasteiger partial charge on any atom is -0.494 e. The predicted octanol–water partition coefficient (Wildman–Crippen LogP) is 4.59. The Balaban J connectivity index is 1.11. The predicted molar refractivity (Wildman–Crippen MR) is 150 cm³/mol. The first kappa shape index (κ1) is 26.9. The number of anilines is 2. The number of carbonyl (C=O) groups is 4. The van der Waals surface area contributed by atoms with Crippen LogP contribution in [0.1, 0.15) is 52.0 Å². The van der Waals surface area contributed by atoms with Crippen molar-refractivity contribution in [3.8, 4) is 11.5 Å². The van der Waals surface area contributed by atoms with Crippen LogP contribution in [0.2, 0.25) is 0 Å². The summed E-state index contributed by atoms with van der Waals surface area (Å²) in [6.45, 7) is 3.21. The lowest BCUT2D eigenvalue weighted by atomic mass is 10.1. The summed E-state index contributed by atoms with van der Waals surface area (Å²) in [6.07, 6.45) is 1.98. The first-order valence-corrected chi connectivity index (χ1v) is 13.4. The molecule has 0 saturated heterocycles. The van der Waals surface area contributed by atoms with Gasteiger partial charge in [0.1, 0.15) is 11.5 Å². The number of carbonyl (C=O) groups excluding carboxylic acids is 4. The molecular formula is C31H31N3O6. The van der Waals surface area contributed by atoms with Crippen molar-refractivity contribution >= 4 is 35.0 Å². The van der Waals surface area contributed by atoms with Crippen molar-refractivity contribution < 1.29 is 28.7 Å². The second kappa shape index (κ2) is 12.0. The largest absolute Gasteiger partial charge is 0.494 e. The maximum Gasteiger partial charge on any atom is 0.265 e. The molecule has 0 radical (unpaired) electrons. The van der Waals surface area contributed by atoms with Crippen molar-refractivity contribution in [2.24, 2.45) is 0 Å². The van der Waals surface area contributed by atoms with Gasteiger partial charge in [-0.2, -0.15) is 0 Å². The van der Waals surface area contributed by atoms with Crippen molar-refractivity contribution in [2.45, 2.75) is 32.6 Å². The molecule has 9 heteroatoms. The van der Waals surface area contributed by atoms with E-state index in [1.165, 1.54) is 10.5 Å². The molecule has 0 unspecified atom stereocenters. The molecule has 40 heavy (non-hydrogen) atoms. The molecule has 0 aromatic heterocycles. The molecule has 206 valence electrons. The van der Waals surface area contributed by atoms with Gasteiger partial charge in [0.25, 0.3) is 17.7 Å². The van der Waals surface area contributed by atoms with E-state index in [0.717, 1.165) is 18.6 Å². The summed E-state index contributed by atoms with van der Waals surface area (Å²) in [7, 11) is 0. The second-order valence-electron chi connectivity index (χ2n) is 9.84. The molecule has 4 amide bonds. The summed E-state index contributed by atoms with van der Waals surface area (Å²) >= 11 is 0. The van der Waals surface area contributed by atoms with Gasteiger partial charge in [-0.25, -0.2) is 0 Å². The maximum absolute atomic E-state index is 12.6. The Morgan fingerprint density at radius 3 is 2.30 bits per heavy atom. The lowest BCUT2D eigenvalue weighted by molar-refractivity contribution is -0.121. The zero-order chi connectivity index (χ0) is 28.1. The van der Waals surface area contributed by atoms with Crippen LogP contribution < -0.4 is 19.7 Å². The SMILES string of the molecule is Cc1ccc(OCCCCN2C(=O)COc3ccc(NC(=O)CCCN4C(=O)c5ccccc5C4=O)cc32)cc1. The number of aryl methyl sites for hydroxylation is 1. The Kier molecular flexibility index (Phi) is 8.10. The first-order valence-electron chi connectivity index (χ1n) is 13.4. The fourth-order valence-electron chi connectivity index (χ4n) is 4.78. The number of nitrogens with one attached hydrogen (secondary N) is 1. The minimum atomic E-state index is -0.331. The lowest BCUT2D eigenvalue weighted by Gasteiger charge is -2.30. The highest BCUT2D eigenvalue weighted by Crippen LogP contribution is 2.35. The Hall–Kier alpha value is -4.66. The third-order valence-corrected chi connectivity index (χ3v) is 6.92. The van der Waals surface area contributed by atoms with Gasteiger partial charge in [0.05, 0.1) is 23.4 Å². The quantitative estimate of drug-likeness (QED) is 0.281. The van der Waals surface area contributed by atoms with Gasteiger partial charge in [-0.3, -0.25) is 24.1 Å². The highest BCUT2D eigenvalue weighted by Gasteiger charge is 2.34. The molecule has 0 bridgehead atoms. The minimum absolute atomic E-state index is 0.0314. The molecule has 1 N–H and O–H groups in total. The van der Waals surface area contributed by atoms with Crippen LogP contribution in [0, 0.1) is 6.92 Å². The molecule has 2 aliphatic rings. The standard InChI is InChI=1S/C31H31N3O6/c1-21-10-13-23(14-11-21)39-18-5-4-16-33-26-19-22(12-15-27(26)40-20-29(33)36)32-28(35)9-6-17-34-30(37)24-7-2-3-8-25(24)31(34)38/h2-3,7-8,10-15,19H,4-6,9,16-18,20H2,1H3,(H,32,35). The molecule has 3 aromatic carbocycles. The van der Waals surface area contributed by atoms with E-state index in [-0.39, 0.29) is 43.2 Å². The van der Waals surface area contributed by atoms with E-state index in [1.807, 2.05) is 31.2 Å². The zero-order valence-corrected chi connectivity index (χ0v) is 22.4. The topological polar surface area (TPSA) is 105 Å². The van der Waals surface area contributed by atoms with Crippen LogP contribution in [0.3, 0.4) is 0 Å². The second-order valence-corrected chi connectivity index (χ2v) is 9.84. The third-order valence-electron chi connectivity index (χ3n) is 6.92. The summed E-state index contributed by atoms with van der Waals surface area (Å²) < 4.78 is 11.4. The van der Waals surface area contributed by atoms with Crippen molar-refractivity contribution in [3.63, 3.8) is 0 Å². The van der Waals surface area contributed by atoms with Crippen LogP contribution in [0.25, 0.3) is 0 Å². The van der Waals surface area contributed by atoms with Gasteiger partial charge in [0, 0.05) is 25.2 Å². The normalized spacial score (nSPS) is 14.1. The number of imide groups is 1.